The second kappa shape index (κ2) is 10.8. The average Bonchev–Trinajstić information content (AvgIpc) is 3.99. The minimum Gasteiger partial charge on any atom is -0.307 e. The lowest BCUT2D eigenvalue weighted by Crippen LogP contribution is -2.02. The van der Waals surface area contributed by atoms with Crippen molar-refractivity contribution in [1.29, 1.82) is 0 Å². The second-order valence-corrected chi connectivity index (χ2v) is 15.6. The fourth-order valence-electron chi connectivity index (χ4n) is 9.30. The van der Waals surface area contributed by atoms with Gasteiger partial charge in [0.15, 0.2) is 0 Å². The van der Waals surface area contributed by atoms with Crippen LogP contribution in [0.15, 0.2) is 170 Å². The molecule has 0 bridgehead atoms. The van der Waals surface area contributed by atoms with Crippen molar-refractivity contribution in [3.63, 3.8) is 0 Å². The molecule has 0 aliphatic heterocycles. The number of fused-ring (bicyclic) bond motifs is 15. The molecule has 4 nitrogen and oxygen atoms in total. The van der Waals surface area contributed by atoms with Crippen LogP contribution >= 0.6 is 11.3 Å². The van der Waals surface area contributed by atoms with Gasteiger partial charge in [0.25, 0.3) is 0 Å². The molecule has 5 heteroatoms. The van der Waals surface area contributed by atoms with Crippen LogP contribution in [0.4, 0.5) is 0 Å². The van der Waals surface area contributed by atoms with Crippen LogP contribution in [-0.4, -0.2) is 18.9 Å². The number of hydrogen-bond donors (Lipinski definition) is 0. The molecular weight excluding hydrogens is 689 g/mol. The molecule has 0 saturated carbocycles. The largest absolute Gasteiger partial charge is 0.307 e. The zero-order chi connectivity index (χ0) is 35.8. The van der Waals surface area contributed by atoms with E-state index in [9.17, 15) is 0 Å². The van der Waals surface area contributed by atoms with Crippen molar-refractivity contribution < 1.29 is 0 Å². The van der Waals surface area contributed by atoms with Crippen molar-refractivity contribution in [2.45, 2.75) is 0 Å². The quantitative estimate of drug-likeness (QED) is 0.182. The number of benzene rings is 8. The van der Waals surface area contributed by atoms with Crippen LogP contribution in [0.2, 0.25) is 0 Å². The van der Waals surface area contributed by atoms with Gasteiger partial charge in [-0.25, -0.2) is 9.97 Å². The highest BCUT2D eigenvalue weighted by Gasteiger charge is 2.26. The van der Waals surface area contributed by atoms with Crippen LogP contribution in [0.3, 0.4) is 0 Å². The Bertz CT molecular complexity index is 3700. The summed E-state index contributed by atoms with van der Waals surface area (Å²) in [5, 5.41) is 11.1. The molecule has 254 valence electrons. The van der Waals surface area contributed by atoms with Gasteiger partial charge >= 0.3 is 0 Å². The zero-order valence-electron chi connectivity index (χ0n) is 29.4. The molecule has 0 aliphatic rings. The Balaban J connectivity index is 1.18. The van der Waals surface area contributed by atoms with E-state index in [4.69, 9.17) is 9.97 Å². The summed E-state index contributed by atoms with van der Waals surface area (Å²) < 4.78 is 7.14. The Kier molecular flexibility index (Phi) is 5.74. The molecule has 13 rings (SSSR count). The fourth-order valence-corrected chi connectivity index (χ4v) is 10.5. The molecule has 5 heterocycles. The SMILES string of the molecule is c1ccc(-c2ccc(-c3nc(-n4c5ccccc5c5c6c7ccccc7n7c8c9ccccc9ccc8c(cc54)c67)nc4c3sc3ccccc34)cc2)cc1. The van der Waals surface area contributed by atoms with Crippen LogP contribution < -0.4 is 0 Å². The van der Waals surface area contributed by atoms with E-state index in [1.807, 2.05) is 0 Å². The number of hydrogen-bond acceptors (Lipinski definition) is 3. The maximum absolute atomic E-state index is 5.55. The van der Waals surface area contributed by atoms with E-state index in [0.717, 1.165) is 37.9 Å². The van der Waals surface area contributed by atoms with Gasteiger partial charge in [0.2, 0.25) is 5.95 Å². The number of thiophene rings is 1. The van der Waals surface area contributed by atoms with Crippen molar-refractivity contribution >= 4 is 102 Å². The second-order valence-electron chi connectivity index (χ2n) is 14.5. The Hall–Kier alpha value is -7.08. The van der Waals surface area contributed by atoms with Gasteiger partial charge in [0.05, 0.1) is 43.5 Å². The molecule has 0 radical (unpaired) electrons. The maximum Gasteiger partial charge on any atom is 0.235 e. The minimum absolute atomic E-state index is 0.677. The van der Waals surface area contributed by atoms with Gasteiger partial charge in [-0.15, -0.1) is 11.3 Å². The number of aromatic nitrogens is 4. The fraction of sp³-hybridized carbons (Fsp3) is 0. The highest BCUT2D eigenvalue weighted by atomic mass is 32.1. The van der Waals surface area contributed by atoms with Crippen LogP contribution in [0.25, 0.3) is 119 Å². The van der Waals surface area contributed by atoms with E-state index in [1.165, 1.54) is 75.5 Å². The first-order valence-electron chi connectivity index (χ1n) is 18.7. The number of nitrogens with zero attached hydrogens (tertiary/aromatic N) is 4. The lowest BCUT2D eigenvalue weighted by atomic mass is 10.0. The summed E-state index contributed by atoms with van der Waals surface area (Å²) in [5.41, 5.74) is 11.3. The van der Waals surface area contributed by atoms with Crippen LogP contribution in [0, 0.1) is 0 Å². The van der Waals surface area contributed by atoms with Crippen LogP contribution in [0.1, 0.15) is 0 Å². The van der Waals surface area contributed by atoms with Crippen molar-refractivity contribution in [3.8, 4) is 28.3 Å². The molecule has 0 spiro atoms. The van der Waals surface area contributed by atoms with Crippen molar-refractivity contribution in [2.75, 3.05) is 0 Å². The van der Waals surface area contributed by atoms with E-state index < -0.39 is 0 Å². The molecule has 0 N–H and O–H groups in total. The third kappa shape index (κ3) is 3.89. The standard InChI is InChI=1S/C50H28N4S/c1-2-12-29(13-3-1)30-22-24-32(25-23-30)45-49-46(37-18-8-11-21-42(37)55-49)52-50(51-45)53-39-19-9-6-16-35(39)43-41(53)28-38-34-27-26-31-14-4-5-15-33(31)47(34)54-40-20-10-7-17-36(40)44(43)48(38)54/h1-28H. The van der Waals surface area contributed by atoms with Crippen molar-refractivity contribution in [2.24, 2.45) is 0 Å². The first-order chi connectivity index (χ1) is 27.3. The normalized spacial score (nSPS) is 12.4. The molecule has 0 atom stereocenters. The third-order valence-electron chi connectivity index (χ3n) is 11.7. The Labute approximate surface area is 318 Å². The summed E-state index contributed by atoms with van der Waals surface area (Å²) in [7, 11) is 0. The van der Waals surface area contributed by atoms with Gasteiger partial charge in [0, 0.05) is 53.4 Å². The van der Waals surface area contributed by atoms with Gasteiger partial charge in [-0.05, 0) is 40.8 Å². The lowest BCUT2D eigenvalue weighted by Gasteiger charge is -2.11. The van der Waals surface area contributed by atoms with Gasteiger partial charge < -0.3 is 4.40 Å². The maximum atomic E-state index is 5.55. The predicted octanol–water partition coefficient (Wildman–Crippen LogP) is 13.6. The lowest BCUT2D eigenvalue weighted by molar-refractivity contribution is 1.02. The molecule has 5 aromatic heterocycles. The summed E-state index contributed by atoms with van der Waals surface area (Å²) in [6.07, 6.45) is 0. The minimum atomic E-state index is 0.677. The van der Waals surface area contributed by atoms with E-state index in [1.54, 1.807) is 11.3 Å². The monoisotopic (exact) mass is 716 g/mol. The highest BCUT2D eigenvalue weighted by Crippen LogP contribution is 2.48. The predicted molar refractivity (Wildman–Crippen MR) is 232 cm³/mol. The number of rotatable bonds is 3. The zero-order valence-corrected chi connectivity index (χ0v) is 30.2. The van der Waals surface area contributed by atoms with Crippen LogP contribution in [-0.2, 0) is 0 Å². The van der Waals surface area contributed by atoms with Gasteiger partial charge in [-0.2, -0.15) is 0 Å². The van der Waals surface area contributed by atoms with Crippen LogP contribution in [0.5, 0.6) is 0 Å². The van der Waals surface area contributed by atoms with E-state index in [-0.39, 0.29) is 0 Å². The molecule has 0 amide bonds. The van der Waals surface area contributed by atoms with E-state index in [0.29, 0.717) is 5.95 Å². The molecule has 8 aromatic carbocycles. The summed E-state index contributed by atoms with van der Waals surface area (Å²) in [6, 6.07) is 61.4. The molecule has 0 unspecified atom stereocenters. The Morgan fingerprint density at radius 1 is 0.418 bits per heavy atom. The van der Waals surface area contributed by atoms with Gasteiger partial charge in [-0.3, -0.25) is 4.57 Å². The summed E-state index contributed by atoms with van der Waals surface area (Å²) >= 11 is 1.77. The molecular formula is C50H28N4S. The molecule has 13 aromatic rings. The van der Waals surface area contributed by atoms with Gasteiger partial charge in [0.1, 0.15) is 0 Å². The smallest absolute Gasteiger partial charge is 0.235 e. The Morgan fingerprint density at radius 3 is 1.91 bits per heavy atom. The topological polar surface area (TPSA) is 35.1 Å². The summed E-state index contributed by atoms with van der Waals surface area (Å²) in [6.45, 7) is 0. The summed E-state index contributed by atoms with van der Waals surface area (Å²) in [4.78, 5) is 11.1. The van der Waals surface area contributed by atoms with Gasteiger partial charge in [-0.1, -0.05) is 146 Å². The molecule has 0 aliphatic carbocycles. The van der Waals surface area contributed by atoms with Crippen molar-refractivity contribution in [3.05, 3.63) is 170 Å². The van der Waals surface area contributed by atoms with Crippen molar-refractivity contribution in [1.82, 2.24) is 18.9 Å². The first-order valence-corrected chi connectivity index (χ1v) is 19.5. The van der Waals surface area contributed by atoms with E-state index in [2.05, 4.69) is 179 Å². The first kappa shape index (κ1) is 29.4. The average molecular weight is 717 g/mol. The third-order valence-corrected chi connectivity index (χ3v) is 12.8. The Morgan fingerprint density at radius 2 is 1.07 bits per heavy atom. The molecule has 0 fully saturated rings. The molecule has 0 saturated heterocycles. The summed E-state index contributed by atoms with van der Waals surface area (Å²) in [5.74, 6) is 0.677. The molecule has 55 heavy (non-hydrogen) atoms. The van der Waals surface area contributed by atoms with E-state index >= 15 is 0 Å². The highest BCUT2D eigenvalue weighted by molar-refractivity contribution is 7.26. The number of para-hydroxylation sites is 2.